The van der Waals surface area contributed by atoms with Crippen LogP contribution in [0.15, 0.2) is 46.2 Å². The van der Waals surface area contributed by atoms with Gasteiger partial charge in [-0.3, -0.25) is 0 Å². The van der Waals surface area contributed by atoms with E-state index in [1.54, 1.807) is 11.8 Å². The van der Waals surface area contributed by atoms with Crippen molar-refractivity contribution in [3.8, 4) is 0 Å². The summed E-state index contributed by atoms with van der Waals surface area (Å²) in [5.41, 5.74) is 3.84. The second-order valence-corrected chi connectivity index (χ2v) is 6.57. The number of hydrogen-bond acceptors (Lipinski definition) is 2. The van der Waals surface area contributed by atoms with Gasteiger partial charge in [0.05, 0.1) is 5.02 Å². The number of hydrogen-bond donors (Lipinski definition) is 1. The third-order valence-electron chi connectivity index (χ3n) is 3.60. The van der Waals surface area contributed by atoms with Gasteiger partial charge in [0.15, 0.2) is 0 Å². The normalized spacial score (nSPS) is 12.4. The van der Waals surface area contributed by atoms with E-state index in [0.29, 0.717) is 6.04 Å². The summed E-state index contributed by atoms with van der Waals surface area (Å²) in [5.74, 6) is 0. The van der Waals surface area contributed by atoms with E-state index in [9.17, 15) is 0 Å². The lowest BCUT2D eigenvalue weighted by molar-refractivity contribution is 0.652. The SMILES string of the molecule is CNC(C)c1ccc(Sc2ccc(C)c(C)c2)c(Cl)c1. The van der Waals surface area contributed by atoms with Crippen molar-refractivity contribution in [2.75, 3.05) is 7.05 Å². The van der Waals surface area contributed by atoms with Gasteiger partial charge in [-0.15, -0.1) is 0 Å². The highest BCUT2D eigenvalue weighted by Crippen LogP contribution is 2.35. The van der Waals surface area contributed by atoms with Crippen molar-refractivity contribution in [1.82, 2.24) is 5.32 Å². The van der Waals surface area contributed by atoms with Gasteiger partial charge in [0.25, 0.3) is 0 Å². The predicted molar refractivity (Wildman–Crippen MR) is 89.0 cm³/mol. The molecule has 2 rings (SSSR count). The minimum Gasteiger partial charge on any atom is -0.313 e. The number of benzene rings is 2. The maximum atomic E-state index is 6.40. The molecule has 0 saturated heterocycles. The Morgan fingerprint density at radius 3 is 2.40 bits per heavy atom. The van der Waals surface area contributed by atoms with Crippen LogP contribution in [-0.4, -0.2) is 7.05 Å². The van der Waals surface area contributed by atoms with E-state index in [0.717, 1.165) is 9.92 Å². The molecule has 3 heteroatoms. The van der Waals surface area contributed by atoms with Gasteiger partial charge in [0, 0.05) is 15.8 Å². The summed E-state index contributed by atoms with van der Waals surface area (Å²) in [6.07, 6.45) is 0. The predicted octanol–water partition coefficient (Wildman–Crippen LogP) is 5.39. The quantitative estimate of drug-likeness (QED) is 0.813. The van der Waals surface area contributed by atoms with E-state index in [2.05, 4.69) is 56.4 Å². The molecule has 0 saturated carbocycles. The molecule has 20 heavy (non-hydrogen) atoms. The van der Waals surface area contributed by atoms with Gasteiger partial charge in [-0.05, 0) is 68.8 Å². The van der Waals surface area contributed by atoms with E-state index in [1.165, 1.54) is 21.6 Å². The first kappa shape index (κ1) is 15.4. The van der Waals surface area contributed by atoms with Gasteiger partial charge in [0.1, 0.15) is 0 Å². The van der Waals surface area contributed by atoms with Crippen LogP contribution in [0, 0.1) is 13.8 Å². The van der Waals surface area contributed by atoms with E-state index < -0.39 is 0 Å². The highest BCUT2D eigenvalue weighted by molar-refractivity contribution is 7.99. The van der Waals surface area contributed by atoms with E-state index in [4.69, 9.17) is 11.6 Å². The number of nitrogens with one attached hydrogen (secondary N) is 1. The first-order valence-electron chi connectivity index (χ1n) is 6.73. The first-order chi connectivity index (χ1) is 9.51. The molecule has 1 N–H and O–H groups in total. The van der Waals surface area contributed by atoms with Crippen LogP contribution in [0.25, 0.3) is 0 Å². The molecule has 0 aliphatic rings. The fourth-order valence-electron chi connectivity index (χ4n) is 1.94. The molecule has 0 radical (unpaired) electrons. The zero-order valence-corrected chi connectivity index (χ0v) is 13.9. The van der Waals surface area contributed by atoms with E-state index in [1.807, 2.05) is 13.1 Å². The van der Waals surface area contributed by atoms with Gasteiger partial charge >= 0.3 is 0 Å². The van der Waals surface area contributed by atoms with Crippen molar-refractivity contribution in [3.63, 3.8) is 0 Å². The smallest absolute Gasteiger partial charge is 0.0548 e. The van der Waals surface area contributed by atoms with Crippen LogP contribution in [0.3, 0.4) is 0 Å². The van der Waals surface area contributed by atoms with Crippen LogP contribution in [0.1, 0.15) is 29.7 Å². The molecule has 0 aliphatic heterocycles. The van der Waals surface area contributed by atoms with Gasteiger partial charge in [-0.2, -0.15) is 0 Å². The molecule has 2 aromatic carbocycles. The summed E-state index contributed by atoms with van der Waals surface area (Å²) in [6, 6.07) is 13.1. The zero-order valence-electron chi connectivity index (χ0n) is 12.3. The van der Waals surface area contributed by atoms with Crippen molar-refractivity contribution < 1.29 is 0 Å². The number of halogens is 1. The molecule has 1 atom stereocenters. The standard InChI is InChI=1S/C17H20ClNS/c1-11-5-7-15(9-12(11)2)20-17-8-6-14(10-16(17)18)13(3)19-4/h5-10,13,19H,1-4H3. The molecule has 0 bridgehead atoms. The van der Waals surface area contributed by atoms with Crippen LogP contribution in [0.5, 0.6) is 0 Å². The van der Waals surface area contributed by atoms with Crippen LogP contribution >= 0.6 is 23.4 Å². The molecule has 1 unspecified atom stereocenters. The third kappa shape index (κ3) is 3.57. The van der Waals surface area contributed by atoms with Crippen LogP contribution in [-0.2, 0) is 0 Å². The number of rotatable bonds is 4. The van der Waals surface area contributed by atoms with Crippen LogP contribution < -0.4 is 5.32 Å². The van der Waals surface area contributed by atoms with Crippen molar-refractivity contribution in [2.24, 2.45) is 0 Å². The monoisotopic (exact) mass is 305 g/mol. The molecule has 0 spiro atoms. The summed E-state index contributed by atoms with van der Waals surface area (Å²) in [7, 11) is 1.95. The summed E-state index contributed by atoms with van der Waals surface area (Å²) < 4.78 is 0. The van der Waals surface area contributed by atoms with E-state index in [-0.39, 0.29) is 0 Å². The van der Waals surface area contributed by atoms with E-state index >= 15 is 0 Å². The largest absolute Gasteiger partial charge is 0.313 e. The van der Waals surface area contributed by atoms with Crippen molar-refractivity contribution in [1.29, 1.82) is 0 Å². The van der Waals surface area contributed by atoms with Crippen molar-refractivity contribution in [3.05, 3.63) is 58.1 Å². The molecular formula is C17H20ClNS. The Balaban J connectivity index is 2.23. The van der Waals surface area contributed by atoms with Crippen LogP contribution in [0.4, 0.5) is 0 Å². The first-order valence-corrected chi connectivity index (χ1v) is 7.92. The molecule has 2 aromatic rings. The lowest BCUT2D eigenvalue weighted by Gasteiger charge is -2.13. The maximum absolute atomic E-state index is 6.40. The third-order valence-corrected chi connectivity index (χ3v) is 5.09. The van der Waals surface area contributed by atoms with Crippen molar-refractivity contribution >= 4 is 23.4 Å². The molecular weight excluding hydrogens is 286 g/mol. The Morgan fingerprint density at radius 2 is 1.80 bits per heavy atom. The summed E-state index contributed by atoms with van der Waals surface area (Å²) in [6.45, 7) is 6.39. The lowest BCUT2D eigenvalue weighted by atomic mass is 10.1. The Hall–Kier alpha value is -0.960. The Bertz CT molecular complexity index is 610. The zero-order chi connectivity index (χ0) is 14.7. The second-order valence-electron chi connectivity index (χ2n) is 5.05. The topological polar surface area (TPSA) is 12.0 Å². The molecule has 0 aliphatic carbocycles. The number of aryl methyl sites for hydroxylation is 2. The molecule has 1 nitrogen and oxygen atoms in total. The fraction of sp³-hybridized carbons (Fsp3) is 0.294. The Labute approximate surface area is 130 Å². The maximum Gasteiger partial charge on any atom is 0.0548 e. The highest BCUT2D eigenvalue weighted by atomic mass is 35.5. The lowest BCUT2D eigenvalue weighted by Crippen LogP contribution is -2.12. The Kier molecular flexibility index (Phi) is 5.14. The fourth-order valence-corrected chi connectivity index (χ4v) is 3.16. The molecule has 0 heterocycles. The minimum absolute atomic E-state index is 0.313. The average molecular weight is 306 g/mol. The summed E-state index contributed by atoms with van der Waals surface area (Å²) in [4.78, 5) is 2.33. The molecule has 106 valence electrons. The summed E-state index contributed by atoms with van der Waals surface area (Å²) in [5, 5.41) is 4.04. The van der Waals surface area contributed by atoms with Gasteiger partial charge in [-0.25, -0.2) is 0 Å². The van der Waals surface area contributed by atoms with Gasteiger partial charge in [0.2, 0.25) is 0 Å². The highest BCUT2D eigenvalue weighted by Gasteiger charge is 2.08. The second kappa shape index (κ2) is 6.66. The molecule has 0 aromatic heterocycles. The molecule has 0 amide bonds. The average Bonchev–Trinajstić information content (AvgIpc) is 2.44. The Morgan fingerprint density at radius 1 is 1.05 bits per heavy atom. The molecule has 0 fully saturated rings. The minimum atomic E-state index is 0.313. The van der Waals surface area contributed by atoms with Crippen molar-refractivity contribution in [2.45, 2.75) is 36.6 Å². The van der Waals surface area contributed by atoms with Gasteiger partial charge in [-0.1, -0.05) is 35.5 Å². The summed E-state index contributed by atoms with van der Waals surface area (Å²) >= 11 is 8.12. The van der Waals surface area contributed by atoms with Gasteiger partial charge < -0.3 is 5.32 Å². The van der Waals surface area contributed by atoms with Crippen LogP contribution in [0.2, 0.25) is 5.02 Å².